The van der Waals surface area contributed by atoms with Crippen molar-refractivity contribution in [1.82, 2.24) is 0 Å². The molecule has 0 atom stereocenters. The number of ether oxygens (including phenoxy) is 2. The van der Waals surface area contributed by atoms with Crippen LogP contribution in [0.15, 0.2) is 72.8 Å². The minimum absolute atomic E-state index is 0.178. The van der Waals surface area contributed by atoms with Crippen molar-refractivity contribution in [2.24, 2.45) is 0 Å². The van der Waals surface area contributed by atoms with Crippen LogP contribution in [0.1, 0.15) is 77.7 Å². The molecule has 47 heavy (non-hydrogen) atoms. The quantitative estimate of drug-likeness (QED) is 0.184. The number of alkyl halides is 6. The minimum atomic E-state index is -4.60. The second-order valence-electron chi connectivity index (χ2n) is 11.3. The van der Waals surface area contributed by atoms with E-state index in [1.54, 1.807) is 18.2 Å². The summed E-state index contributed by atoms with van der Waals surface area (Å²) in [5, 5.41) is 18.9. The number of aliphatic hydroxyl groups is 1. The fraction of sp³-hybridized carbons (Fsp3) is 0.306. The summed E-state index contributed by atoms with van der Waals surface area (Å²) < 4.78 is 87.7. The topological polar surface area (TPSA) is 76.0 Å². The van der Waals surface area contributed by atoms with Crippen LogP contribution in [0, 0.1) is 0 Å². The molecule has 4 rings (SSSR count). The van der Waals surface area contributed by atoms with Crippen LogP contribution in [0.3, 0.4) is 0 Å². The third-order valence-corrected chi connectivity index (χ3v) is 7.54. The molecule has 5 nitrogen and oxygen atoms in total. The Morgan fingerprint density at radius 3 is 1.45 bits per heavy atom. The van der Waals surface area contributed by atoms with Crippen LogP contribution < -0.4 is 9.47 Å². The van der Waals surface area contributed by atoms with Crippen LogP contribution in [-0.4, -0.2) is 30.4 Å². The summed E-state index contributed by atoms with van der Waals surface area (Å²) in [4.78, 5) is 11.5. The number of aliphatic hydroxyl groups excluding tert-OH is 1. The van der Waals surface area contributed by atoms with E-state index in [-0.39, 0.29) is 23.0 Å². The van der Waals surface area contributed by atoms with Gasteiger partial charge >= 0.3 is 18.3 Å². The van der Waals surface area contributed by atoms with Crippen molar-refractivity contribution in [2.45, 2.75) is 58.5 Å². The number of aromatic carboxylic acids is 1. The summed E-state index contributed by atoms with van der Waals surface area (Å²) in [6.07, 6.45) is -9.04. The number of carboxylic acids is 1. The molecule has 0 heterocycles. The van der Waals surface area contributed by atoms with Gasteiger partial charge in [-0.05, 0) is 88.2 Å². The minimum Gasteiger partial charge on any atom is -0.496 e. The van der Waals surface area contributed by atoms with E-state index in [0.717, 1.165) is 29.3 Å². The molecule has 11 heteroatoms. The van der Waals surface area contributed by atoms with Gasteiger partial charge in [0.1, 0.15) is 11.5 Å². The van der Waals surface area contributed by atoms with E-state index in [9.17, 15) is 41.4 Å². The maximum atomic E-state index is 12.9. The van der Waals surface area contributed by atoms with E-state index >= 15 is 0 Å². The molecular formula is C36H36F6O5. The molecule has 0 bridgehead atoms. The van der Waals surface area contributed by atoms with Crippen molar-refractivity contribution in [3.05, 3.63) is 106 Å². The highest BCUT2D eigenvalue weighted by molar-refractivity contribution is 5.97. The Bertz CT molecular complexity index is 1710. The Morgan fingerprint density at radius 2 is 1.06 bits per heavy atom. The third kappa shape index (κ3) is 8.85. The van der Waals surface area contributed by atoms with Crippen LogP contribution in [0.25, 0.3) is 22.3 Å². The predicted octanol–water partition coefficient (Wildman–Crippen LogP) is 10.2. The molecule has 0 aliphatic heterocycles. The molecule has 0 aliphatic carbocycles. The lowest BCUT2D eigenvalue weighted by molar-refractivity contribution is -0.138. The van der Waals surface area contributed by atoms with E-state index in [2.05, 4.69) is 0 Å². The third-order valence-electron chi connectivity index (χ3n) is 7.54. The molecule has 4 aromatic rings. The number of hydrogen-bond donors (Lipinski definition) is 2. The average molecular weight is 663 g/mol. The SMILES string of the molecule is COc1ccc(C(C)C)cc1-c1ccc(C(F)(F)F)cc1C(=O)O.COc1ccc(C(C)C)cc1-c1ccc(C(F)(F)F)cc1CO. The highest BCUT2D eigenvalue weighted by atomic mass is 19.4. The van der Waals surface area contributed by atoms with E-state index < -0.39 is 41.6 Å². The van der Waals surface area contributed by atoms with Crippen LogP contribution in [0.4, 0.5) is 26.3 Å². The standard InChI is InChI=1S/C18H17F3O3.C18H19F3O2/c1-10(2)11-4-7-16(24-3)14(8-11)13-6-5-12(18(19,20)21)9-15(13)17(22)23;1-11(2)12-4-7-17(23-3)16(9-12)15-6-5-14(18(19,20)21)8-13(15)10-22/h4-10H,1-3H3,(H,22,23);4-9,11,22H,10H2,1-3H3. The van der Waals surface area contributed by atoms with Crippen molar-refractivity contribution >= 4 is 5.97 Å². The molecule has 0 unspecified atom stereocenters. The highest BCUT2D eigenvalue weighted by Crippen LogP contribution is 2.40. The normalized spacial score (nSPS) is 11.7. The molecule has 252 valence electrons. The zero-order valence-electron chi connectivity index (χ0n) is 26.7. The summed E-state index contributed by atoms with van der Waals surface area (Å²) >= 11 is 0. The van der Waals surface area contributed by atoms with Gasteiger partial charge in [0.05, 0.1) is 37.5 Å². The first-order valence-corrected chi connectivity index (χ1v) is 14.5. The summed E-state index contributed by atoms with van der Waals surface area (Å²) in [5.41, 5.74) is 1.88. The lowest BCUT2D eigenvalue weighted by Gasteiger charge is -2.17. The van der Waals surface area contributed by atoms with Crippen LogP contribution in [0.5, 0.6) is 11.5 Å². The monoisotopic (exact) mass is 662 g/mol. The molecular weight excluding hydrogens is 626 g/mol. The second kappa shape index (κ2) is 14.9. The van der Waals surface area contributed by atoms with Gasteiger partial charge < -0.3 is 19.7 Å². The van der Waals surface area contributed by atoms with Gasteiger partial charge in [0.15, 0.2) is 0 Å². The van der Waals surface area contributed by atoms with E-state index in [1.807, 2.05) is 45.9 Å². The van der Waals surface area contributed by atoms with Gasteiger partial charge in [-0.2, -0.15) is 26.3 Å². The van der Waals surface area contributed by atoms with E-state index in [0.29, 0.717) is 34.3 Å². The van der Waals surface area contributed by atoms with Crippen molar-refractivity contribution in [3.8, 4) is 33.8 Å². The molecule has 0 radical (unpaired) electrons. The van der Waals surface area contributed by atoms with Gasteiger partial charge in [-0.25, -0.2) is 4.79 Å². The highest BCUT2D eigenvalue weighted by Gasteiger charge is 2.33. The van der Waals surface area contributed by atoms with Crippen molar-refractivity contribution in [1.29, 1.82) is 0 Å². The lowest BCUT2D eigenvalue weighted by Crippen LogP contribution is -2.09. The zero-order chi connectivity index (χ0) is 35.3. The number of carboxylic acid groups (broad SMARTS) is 1. The van der Waals surface area contributed by atoms with Gasteiger partial charge in [-0.1, -0.05) is 52.0 Å². The van der Waals surface area contributed by atoms with Crippen LogP contribution >= 0.6 is 0 Å². The summed E-state index contributed by atoms with van der Waals surface area (Å²) in [6.45, 7) is 7.53. The molecule has 0 aromatic heterocycles. The predicted molar refractivity (Wildman–Crippen MR) is 168 cm³/mol. The maximum absolute atomic E-state index is 12.9. The average Bonchev–Trinajstić information content (AvgIpc) is 3.02. The maximum Gasteiger partial charge on any atom is 0.416 e. The first-order valence-electron chi connectivity index (χ1n) is 14.5. The Hall–Kier alpha value is -4.51. The molecule has 0 fully saturated rings. The van der Waals surface area contributed by atoms with Crippen LogP contribution in [0.2, 0.25) is 0 Å². The number of halogens is 6. The van der Waals surface area contributed by atoms with Crippen molar-refractivity contribution in [2.75, 3.05) is 14.2 Å². The number of benzene rings is 4. The molecule has 0 saturated carbocycles. The van der Waals surface area contributed by atoms with Gasteiger partial charge in [0, 0.05) is 11.1 Å². The van der Waals surface area contributed by atoms with Gasteiger partial charge in [0.2, 0.25) is 0 Å². The van der Waals surface area contributed by atoms with Crippen molar-refractivity contribution in [3.63, 3.8) is 0 Å². The van der Waals surface area contributed by atoms with Gasteiger partial charge in [-0.15, -0.1) is 0 Å². The largest absolute Gasteiger partial charge is 0.496 e. The van der Waals surface area contributed by atoms with Gasteiger partial charge in [0.25, 0.3) is 0 Å². The Balaban J connectivity index is 0.000000256. The first kappa shape index (κ1) is 37.0. The number of methoxy groups -OCH3 is 2. The summed E-state index contributed by atoms with van der Waals surface area (Å²) in [5.74, 6) is -0.0114. The fourth-order valence-electron chi connectivity index (χ4n) is 4.89. The summed E-state index contributed by atoms with van der Waals surface area (Å²) in [7, 11) is 2.94. The summed E-state index contributed by atoms with van der Waals surface area (Å²) in [6, 6.07) is 17.0. The molecule has 4 aromatic carbocycles. The zero-order valence-corrected chi connectivity index (χ0v) is 26.7. The lowest BCUT2D eigenvalue weighted by atomic mass is 9.93. The first-order chi connectivity index (χ1) is 21.9. The molecule has 0 aliphatic rings. The van der Waals surface area contributed by atoms with E-state index in [1.165, 1.54) is 26.4 Å². The van der Waals surface area contributed by atoms with Gasteiger partial charge in [-0.3, -0.25) is 0 Å². The molecule has 0 amide bonds. The number of rotatable bonds is 8. The van der Waals surface area contributed by atoms with E-state index in [4.69, 9.17) is 9.47 Å². The molecule has 0 spiro atoms. The Morgan fingerprint density at radius 1 is 0.638 bits per heavy atom. The fourth-order valence-corrected chi connectivity index (χ4v) is 4.89. The second-order valence-corrected chi connectivity index (χ2v) is 11.3. The molecule has 2 N–H and O–H groups in total. The van der Waals surface area contributed by atoms with Crippen LogP contribution in [-0.2, 0) is 19.0 Å². The van der Waals surface area contributed by atoms with Crippen molar-refractivity contribution < 1.29 is 50.8 Å². The Labute approximate surface area is 269 Å². The number of carbonyl (C=O) groups is 1. The Kier molecular flexibility index (Phi) is 11.7. The smallest absolute Gasteiger partial charge is 0.416 e. The number of hydrogen-bond acceptors (Lipinski definition) is 4. The molecule has 0 saturated heterocycles.